The molecule has 0 aliphatic carbocycles. The minimum atomic E-state index is -0.714. The highest BCUT2D eigenvalue weighted by molar-refractivity contribution is 5.95. The maximum atomic E-state index is 13.6. The molecule has 1 fully saturated rings. The molecule has 0 saturated carbocycles. The van der Waals surface area contributed by atoms with E-state index in [0.717, 1.165) is 13.1 Å². The lowest BCUT2D eigenvalue weighted by atomic mass is 10.2. The molecule has 1 aliphatic rings. The molecule has 6 heteroatoms. The zero-order valence-electron chi connectivity index (χ0n) is 10.5. The highest BCUT2D eigenvalue weighted by Crippen LogP contribution is 2.21. The molecule has 1 radical (unpaired) electrons. The molecular weight excluding hydrogens is 251 g/mol. The first-order valence-electron chi connectivity index (χ1n) is 6.11. The number of nitrogens with two attached hydrogens (primary N) is 1. The number of amides is 1. The first kappa shape index (κ1) is 13.8. The number of carbonyl (C=O) groups is 1. The SMILES string of the molecule is NC(=O)c1cc[c]c(F)c1OCCN1CCOCC1. The fourth-order valence-electron chi connectivity index (χ4n) is 1.89. The van der Waals surface area contributed by atoms with Crippen molar-refractivity contribution in [3.63, 3.8) is 0 Å². The smallest absolute Gasteiger partial charge is 0.252 e. The number of hydrogen-bond acceptors (Lipinski definition) is 4. The molecular formula is C13H16FN2O3. The number of carbonyl (C=O) groups excluding carboxylic acids is 1. The van der Waals surface area contributed by atoms with Crippen molar-refractivity contribution in [3.8, 4) is 5.75 Å². The minimum absolute atomic E-state index is 0.0400. The minimum Gasteiger partial charge on any atom is -0.488 e. The van der Waals surface area contributed by atoms with Crippen LogP contribution in [0.5, 0.6) is 5.75 Å². The normalized spacial score (nSPS) is 16.3. The summed E-state index contributed by atoms with van der Waals surface area (Å²) >= 11 is 0. The molecule has 0 spiro atoms. The van der Waals surface area contributed by atoms with Gasteiger partial charge in [0.1, 0.15) is 6.61 Å². The third-order valence-electron chi connectivity index (χ3n) is 2.93. The van der Waals surface area contributed by atoms with Crippen molar-refractivity contribution in [1.82, 2.24) is 4.90 Å². The maximum Gasteiger partial charge on any atom is 0.252 e. The van der Waals surface area contributed by atoms with Crippen LogP contribution >= 0.6 is 0 Å². The molecule has 0 aromatic heterocycles. The van der Waals surface area contributed by atoms with Gasteiger partial charge in [-0.3, -0.25) is 9.69 Å². The molecule has 0 atom stereocenters. The van der Waals surface area contributed by atoms with Crippen molar-refractivity contribution in [2.24, 2.45) is 5.73 Å². The maximum absolute atomic E-state index is 13.6. The topological polar surface area (TPSA) is 64.8 Å². The molecule has 0 unspecified atom stereocenters. The third-order valence-corrected chi connectivity index (χ3v) is 2.93. The van der Waals surface area contributed by atoms with Crippen LogP contribution in [-0.2, 0) is 4.74 Å². The predicted molar refractivity (Wildman–Crippen MR) is 66.5 cm³/mol. The van der Waals surface area contributed by atoms with Crippen LogP contribution < -0.4 is 10.5 Å². The lowest BCUT2D eigenvalue weighted by molar-refractivity contribution is 0.0320. The summed E-state index contributed by atoms with van der Waals surface area (Å²) in [5.41, 5.74) is 5.21. The number of hydrogen-bond donors (Lipinski definition) is 1. The van der Waals surface area contributed by atoms with Gasteiger partial charge in [-0.2, -0.15) is 0 Å². The second-order valence-corrected chi connectivity index (χ2v) is 4.20. The van der Waals surface area contributed by atoms with Crippen LogP contribution in [0, 0.1) is 11.9 Å². The van der Waals surface area contributed by atoms with Crippen LogP contribution in [0.2, 0.25) is 0 Å². The first-order chi connectivity index (χ1) is 9.18. The van der Waals surface area contributed by atoms with E-state index < -0.39 is 11.7 Å². The standard InChI is InChI=1S/C13H16FN2O3/c14-11-3-1-2-10(13(15)17)12(11)19-9-6-16-4-7-18-8-5-16/h1-2H,4-9H2,(H2,15,17). The highest BCUT2D eigenvalue weighted by Gasteiger charge is 2.15. The Balaban J connectivity index is 1.93. The zero-order chi connectivity index (χ0) is 13.7. The van der Waals surface area contributed by atoms with Gasteiger partial charge in [0.25, 0.3) is 5.91 Å². The molecule has 1 amide bonds. The first-order valence-corrected chi connectivity index (χ1v) is 6.11. The predicted octanol–water partition coefficient (Wildman–Crippen LogP) is 0.436. The number of rotatable bonds is 5. The van der Waals surface area contributed by atoms with E-state index in [4.69, 9.17) is 15.2 Å². The van der Waals surface area contributed by atoms with Gasteiger partial charge >= 0.3 is 0 Å². The van der Waals surface area contributed by atoms with Crippen LogP contribution in [0.25, 0.3) is 0 Å². The van der Waals surface area contributed by atoms with Gasteiger partial charge in [0.05, 0.1) is 18.8 Å². The summed E-state index contributed by atoms with van der Waals surface area (Å²) in [7, 11) is 0. The quantitative estimate of drug-likeness (QED) is 0.840. The van der Waals surface area contributed by atoms with Crippen molar-refractivity contribution < 1.29 is 18.7 Å². The summed E-state index contributed by atoms with van der Waals surface area (Å²) in [4.78, 5) is 13.3. The Kier molecular flexibility index (Phi) is 4.70. The molecule has 2 N–H and O–H groups in total. The van der Waals surface area contributed by atoms with Gasteiger partial charge < -0.3 is 15.2 Å². The molecule has 5 nitrogen and oxygen atoms in total. The molecule has 103 valence electrons. The highest BCUT2D eigenvalue weighted by atomic mass is 19.1. The summed E-state index contributed by atoms with van der Waals surface area (Å²) in [6.45, 7) is 3.98. The Morgan fingerprint density at radius 1 is 1.53 bits per heavy atom. The Hall–Kier alpha value is -1.66. The van der Waals surface area contributed by atoms with Gasteiger partial charge in [-0.25, -0.2) is 4.39 Å². The van der Waals surface area contributed by atoms with Crippen LogP contribution in [0.1, 0.15) is 10.4 Å². The van der Waals surface area contributed by atoms with E-state index in [1.165, 1.54) is 12.1 Å². The molecule has 1 aromatic rings. The Bertz CT molecular complexity index is 448. The fourth-order valence-corrected chi connectivity index (χ4v) is 1.89. The zero-order valence-corrected chi connectivity index (χ0v) is 10.5. The molecule has 1 aromatic carbocycles. The van der Waals surface area contributed by atoms with E-state index in [1.807, 2.05) is 0 Å². The van der Waals surface area contributed by atoms with Crippen LogP contribution in [-0.4, -0.2) is 50.3 Å². The fraction of sp³-hybridized carbons (Fsp3) is 0.462. The Labute approximate surface area is 111 Å². The second-order valence-electron chi connectivity index (χ2n) is 4.20. The molecule has 0 bridgehead atoms. The van der Waals surface area contributed by atoms with E-state index in [9.17, 15) is 9.18 Å². The summed E-state index contributed by atoms with van der Waals surface area (Å²) in [5.74, 6) is -1.53. The van der Waals surface area contributed by atoms with Crippen molar-refractivity contribution in [2.45, 2.75) is 0 Å². The lowest BCUT2D eigenvalue weighted by Gasteiger charge is -2.26. The number of ether oxygens (including phenoxy) is 2. The number of morpholine rings is 1. The van der Waals surface area contributed by atoms with Gasteiger partial charge in [-0.05, 0) is 6.07 Å². The molecule has 1 heterocycles. The van der Waals surface area contributed by atoms with Gasteiger partial charge in [0, 0.05) is 25.7 Å². The summed E-state index contributed by atoms with van der Waals surface area (Å²) in [6, 6.07) is 5.06. The molecule has 1 saturated heterocycles. The number of benzene rings is 1. The van der Waals surface area contributed by atoms with E-state index in [0.29, 0.717) is 19.8 Å². The van der Waals surface area contributed by atoms with Crippen LogP contribution in [0.15, 0.2) is 12.1 Å². The van der Waals surface area contributed by atoms with Crippen molar-refractivity contribution in [2.75, 3.05) is 39.5 Å². The summed E-state index contributed by atoms with van der Waals surface area (Å²) in [5, 5.41) is 0. The molecule has 19 heavy (non-hydrogen) atoms. The average molecular weight is 267 g/mol. The van der Waals surface area contributed by atoms with E-state index in [1.54, 1.807) is 0 Å². The van der Waals surface area contributed by atoms with Gasteiger partial charge in [0.2, 0.25) is 0 Å². The Morgan fingerprint density at radius 2 is 2.26 bits per heavy atom. The van der Waals surface area contributed by atoms with E-state index >= 15 is 0 Å². The number of primary amides is 1. The monoisotopic (exact) mass is 267 g/mol. The largest absolute Gasteiger partial charge is 0.488 e. The molecule has 2 rings (SSSR count). The number of halogens is 1. The molecule has 1 aliphatic heterocycles. The van der Waals surface area contributed by atoms with E-state index in [2.05, 4.69) is 11.0 Å². The van der Waals surface area contributed by atoms with Gasteiger partial charge in [-0.15, -0.1) is 0 Å². The summed E-state index contributed by atoms with van der Waals surface area (Å²) in [6.07, 6.45) is 0. The number of nitrogens with zero attached hydrogens (tertiary/aromatic N) is 1. The van der Waals surface area contributed by atoms with Crippen molar-refractivity contribution in [1.29, 1.82) is 0 Å². The van der Waals surface area contributed by atoms with E-state index in [-0.39, 0.29) is 17.9 Å². The van der Waals surface area contributed by atoms with Crippen LogP contribution in [0.4, 0.5) is 4.39 Å². The second kappa shape index (κ2) is 6.49. The Morgan fingerprint density at radius 3 is 2.95 bits per heavy atom. The van der Waals surface area contributed by atoms with Gasteiger partial charge in [0.15, 0.2) is 11.6 Å². The summed E-state index contributed by atoms with van der Waals surface area (Å²) < 4.78 is 24.1. The van der Waals surface area contributed by atoms with Crippen LogP contribution in [0.3, 0.4) is 0 Å². The lowest BCUT2D eigenvalue weighted by Crippen LogP contribution is -2.38. The third kappa shape index (κ3) is 3.65. The average Bonchev–Trinajstić information content (AvgIpc) is 2.41. The van der Waals surface area contributed by atoms with Gasteiger partial charge in [-0.1, -0.05) is 6.07 Å². The van der Waals surface area contributed by atoms with Crippen molar-refractivity contribution >= 4 is 5.91 Å². The van der Waals surface area contributed by atoms with Crippen molar-refractivity contribution in [3.05, 3.63) is 29.6 Å².